The summed E-state index contributed by atoms with van der Waals surface area (Å²) < 4.78 is 6.37. The largest absolute Gasteiger partial charge is 0.458 e. The van der Waals surface area contributed by atoms with Crippen LogP contribution in [0.2, 0.25) is 0 Å². The van der Waals surface area contributed by atoms with Crippen molar-refractivity contribution in [2.24, 2.45) is 40.2 Å². The molecule has 4 saturated carbocycles. The lowest BCUT2D eigenvalue weighted by molar-refractivity contribution is -0.214. The molecule has 0 aromatic heterocycles. The number of ether oxygens (including phenoxy) is 1. The van der Waals surface area contributed by atoms with Crippen molar-refractivity contribution in [3.63, 3.8) is 0 Å². The van der Waals surface area contributed by atoms with E-state index in [4.69, 9.17) is 10.5 Å². The Balaban J connectivity index is 1.80. The third kappa shape index (κ3) is 3.02. The molecule has 0 saturated heterocycles. The minimum atomic E-state index is -0.615. The molecule has 0 amide bonds. The van der Waals surface area contributed by atoms with Gasteiger partial charge in [0, 0.05) is 6.04 Å². The summed E-state index contributed by atoms with van der Waals surface area (Å²) in [5.41, 5.74) is 5.44. The van der Waals surface area contributed by atoms with E-state index in [1.165, 1.54) is 32.1 Å². The highest BCUT2D eigenvalue weighted by Gasteiger charge is 2.58. The quantitative estimate of drug-likeness (QED) is 0.768. The molecule has 3 heteroatoms. The van der Waals surface area contributed by atoms with Gasteiger partial charge in [0.05, 0.1) is 5.41 Å². The molecule has 2 atom stereocenters. The Morgan fingerprint density at radius 2 is 1.54 bits per heavy atom. The lowest BCUT2D eigenvalue weighted by atomic mass is 9.50. The van der Waals surface area contributed by atoms with Crippen LogP contribution >= 0.6 is 0 Å². The van der Waals surface area contributed by atoms with Gasteiger partial charge in [-0.05, 0) is 88.4 Å². The minimum absolute atomic E-state index is 0.0480. The van der Waals surface area contributed by atoms with Crippen LogP contribution in [-0.2, 0) is 9.53 Å². The second-order valence-electron chi connectivity index (χ2n) is 10.8. The zero-order valence-electron chi connectivity index (χ0n) is 16.5. The van der Waals surface area contributed by atoms with E-state index in [1.807, 2.05) is 13.8 Å². The van der Waals surface area contributed by atoms with E-state index in [0.29, 0.717) is 11.8 Å². The van der Waals surface area contributed by atoms with Crippen LogP contribution in [0.3, 0.4) is 0 Å². The Morgan fingerprint density at radius 3 is 1.92 bits per heavy atom. The first-order chi connectivity index (χ1) is 10.9. The normalized spacial score (nSPS) is 41.8. The van der Waals surface area contributed by atoms with Crippen molar-refractivity contribution in [2.45, 2.75) is 91.7 Å². The van der Waals surface area contributed by atoms with Crippen molar-refractivity contribution in [3.05, 3.63) is 0 Å². The van der Waals surface area contributed by atoms with Gasteiger partial charge in [0.1, 0.15) is 5.60 Å². The average molecular weight is 336 g/mol. The number of carbonyl (C=O) groups excluding carboxylic acids is 1. The van der Waals surface area contributed by atoms with Gasteiger partial charge in [0.15, 0.2) is 0 Å². The van der Waals surface area contributed by atoms with E-state index in [1.54, 1.807) is 0 Å². The van der Waals surface area contributed by atoms with Crippen LogP contribution in [0.4, 0.5) is 0 Å². The van der Waals surface area contributed by atoms with E-state index in [-0.39, 0.29) is 23.0 Å². The number of carbonyl (C=O) groups is 1. The molecule has 2 N–H and O–H groups in total. The number of esters is 1. The zero-order valence-corrected chi connectivity index (χ0v) is 16.5. The number of rotatable bonds is 4. The summed E-state index contributed by atoms with van der Waals surface area (Å²) in [6, 6.07) is -0.204. The molecule has 0 aromatic carbocycles. The van der Waals surface area contributed by atoms with E-state index >= 15 is 0 Å². The highest BCUT2D eigenvalue weighted by molar-refractivity contribution is 5.78. The molecule has 138 valence electrons. The van der Waals surface area contributed by atoms with Gasteiger partial charge in [-0.3, -0.25) is 4.79 Å². The van der Waals surface area contributed by atoms with Crippen LogP contribution in [0.15, 0.2) is 0 Å². The van der Waals surface area contributed by atoms with Crippen LogP contribution in [-0.4, -0.2) is 17.6 Å². The SMILES string of the molecule is CC(N)C(C)(CC(C)(C)C)C(=O)OC1(C)C2CC3CC(C2)CC1C3. The van der Waals surface area contributed by atoms with Crippen molar-refractivity contribution < 1.29 is 9.53 Å². The third-order valence-corrected chi connectivity index (χ3v) is 7.44. The van der Waals surface area contributed by atoms with Crippen molar-refractivity contribution in [3.8, 4) is 0 Å². The van der Waals surface area contributed by atoms with Crippen molar-refractivity contribution in [1.29, 1.82) is 0 Å². The summed E-state index contributed by atoms with van der Waals surface area (Å²) >= 11 is 0. The standard InChI is InChI=1S/C21H37NO2/c1-13(22)20(5,12-19(2,3)4)18(23)24-21(6)16-8-14-7-15(10-16)11-17(21)9-14/h13-17H,7-12,22H2,1-6H3. The number of hydrogen-bond acceptors (Lipinski definition) is 3. The molecule has 2 unspecified atom stereocenters. The van der Waals surface area contributed by atoms with Gasteiger partial charge in [0.2, 0.25) is 0 Å². The predicted molar refractivity (Wildman–Crippen MR) is 97.4 cm³/mol. The summed E-state index contributed by atoms with van der Waals surface area (Å²) in [6.45, 7) is 12.7. The molecule has 0 heterocycles. The van der Waals surface area contributed by atoms with E-state index < -0.39 is 5.41 Å². The molecule has 0 aromatic rings. The first-order valence-electron chi connectivity index (χ1n) is 9.93. The fourth-order valence-corrected chi connectivity index (χ4v) is 6.12. The lowest BCUT2D eigenvalue weighted by Gasteiger charge is -2.59. The molecule has 4 bridgehead atoms. The van der Waals surface area contributed by atoms with Crippen molar-refractivity contribution in [1.82, 2.24) is 0 Å². The summed E-state index contributed by atoms with van der Waals surface area (Å²) in [7, 11) is 0. The zero-order chi connectivity index (χ0) is 17.9. The Hall–Kier alpha value is -0.570. The molecular formula is C21H37NO2. The third-order valence-electron chi connectivity index (χ3n) is 7.44. The van der Waals surface area contributed by atoms with Gasteiger partial charge in [-0.25, -0.2) is 0 Å². The number of hydrogen-bond donors (Lipinski definition) is 1. The molecule has 24 heavy (non-hydrogen) atoms. The minimum Gasteiger partial charge on any atom is -0.458 e. The van der Waals surface area contributed by atoms with Gasteiger partial charge >= 0.3 is 5.97 Å². The Kier molecular flexibility index (Phi) is 4.35. The molecule has 0 spiro atoms. The summed E-state index contributed by atoms with van der Waals surface area (Å²) in [4.78, 5) is 13.3. The maximum absolute atomic E-state index is 13.3. The fraction of sp³-hybridized carbons (Fsp3) is 0.952. The highest BCUT2D eigenvalue weighted by Crippen LogP contribution is 2.60. The smallest absolute Gasteiger partial charge is 0.313 e. The molecule has 4 rings (SSSR count). The average Bonchev–Trinajstić information content (AvgIpc) is 2.42. The Labute approximate surface area is 148 Å². The van der Waals surface area contributed by atoms with Gasteiger partial charge in [0.25, 0.3) is 0 Å². The van der Waals surface area contributed by atoms with Gasteiger partial charge in [-0.1, -0.05) is 20.8 Å². The van der Waals surface area contributed by atoms with Crippen LogP contribution in [0, 0.1) is 34.5 Å². The number of nitrogens with two attached hydrogens (primary N) is 1. The molecule has 3 nitrogen and oxygen atoms in total. The monoisotopic (exact) mass is 335 g/mol. The highest BCUT2D eigenvalue weighted by atomic mass is 16.6. The van der Waals surface area contributed by atoms with Crippen LogP contribution in [0.1, 0.15) is 80.1 Å². The molecule has 0 aliphatic heterocycles. The Morgan fingerprint density at radius 1 is 1.08 bits per heavy atom. The first-order valence-corrected chi connectivity index (χ1v) is 9.93. The molecule has 4 aliphatic carbocycles. The lowest BCUT2D eigenvalue weighted by Crippen LogP contribution is -2.60. The molecule has 4 fully saturated rings. The topological polar surface area (TPSA) is 52.3 Å². The van der Waals surface area contributed by atoms with Crippen molar-refractivity contribution >= 4 is 5.97 Å². The van der Waals surface area contributed by atoms with Crippen molar-refractivity contribution in [2.75, 3.05) is 0 Å². The first kappa shape index (κ1) is 18.2. The second-order valence-corrected chi connectivity index (χ2v) is 10.8. The second kappa shape index (κ2) is 5.72. The fourth-order valence-electron chi connectivity index (χ4n) is 6.12. The summed E-state index contributed by atoms with van der Waals surface area (Å²) in [6.07, 6.45) is 7.19. The van der Waals surface area contributed by atoms with Gasteiger partial charge in [-0.2, -0.15) is 0 Å². The predicted octanol–water partition coefficient (Wildman–Crippen LogP) is 4.53. The van der Waals surface area contributed by atoms with Crippen LogP contribution in [0.5, 0.6) is 0 Å². The van der Waals surface area contributed by atoms with E-state index in [2.05, 4.69) is 27.7 Å². The maximum atomic E-state index is 13.3. The van der Waals surface area contributed by atoms with Crippen LogP contribution in [0.25, 0.3) is 0 Å². The van der Waals surface area contributed by atoms with E-state index in [0.717, 1.165) is 18.3 Å². The molecule has 4 aliphatic rings. The van der Waals surface area contributed by atoms with Gasteiger partial charge in [-0.15, -0.1) is 0 Å². The Bertz CT molecular complexity index is 476. The van der Waals surface area contributed by atoms with E-state index in [9.17, 15) is 4.79 Å². The van der Waals surface area contributed by atoms with Crippen LogP contribution < -0.4 is 5.73 Å². The summed E-state index contributed by atoms with van der Waals surface area (Å²) in [5, 5.41) is 0. The maximum Gasteiger partial charge on any atom is 0.313 e. The summed E-state index contributed by atoms with van der Waals surface area (Å²) in [5.74, 6) is 2.82. The van der Waals surface area contributed by atoms with Gasteiger partial charge < -0.3 is 10.5 Å². The molecular weight excluding hydrogens is 298 g/mol. The molecule has 0 radical (unpaired) electrons.